The van der Waals surface area contributed by atoms with Gasteiger partial charge in [0.25, 0.3) is 5.69 Å². The van der Waals surface area contributed by atoms with Gasteiger partial charge in [0, 0.05) is 18.2 Å². The molecule has 0 radical (unpaired) electrons. The first-order chi connectivity index (χ1) is 9.68. The number of hydrogen-bond acceptors (Lipinski definition) is 5. The molecule has 0 saturated carbocycles. The molecule has 0 aliphatic heterocycles. The molecule has 6 nitrogen and oxygen atoms in total. The third-order valence-electron chi connectivity index (χ3n) is 2.55. The van der Waals surface area contributed by atoms with Crippen LogP contribution >= 0.6 is 31.9 Å². The maximum atomic E-state index is 10.8. The Hall–Kier alpha value is -1.17. The van der Waals surface area contributed by atoms with Crippen molar-refractivity contribution in [2.75, 3.05) is 6.61 Å². The fourth-order valence-electron chi connectivity index (χ4n) is 1.75. The van der Waals surface area contributed by atoms with Crippen LogP contribution in [0.25, 0.3) is 0 Å². The van der Waals surface area contributed by atoms with Gasteiger partial charge < -0.3 is 4.74 Å². The number of nitro benzene ring substituents is 1. The van der Waals surface area contributed by atoms with Gasteiger partial charge in [-0.25, -0.2) is 0 Å². The summed E-state index contributed by atoms with van der Waals surface area (Å²) in [5.74, 6) is 0.424. The lowest BCUT2D eigenvalue weighted by molar-refractivity contribution is -0.385. The molecule has 1 rings (SSSR count). The zero-order valence-corrected chi connectivity index (χ0v) is 15.0. The number of nitriles is 1. The Morgan fingerprint density at radius 2 is 2.00 bits per heavy atom. The fraction of sp³-hybridized carbons (Fsp3) is 0.462. The van der Waals surface area contributed by atoms with E-state index in [4.69, 9.17) is 4.74 Å². The van der Waals surface area contributed by atoms with E-state index in [1.165, 1.54) is 12.1 Å². The summed E-state index contributed by atoms with van der Waals surface area (Å²) in [6.45, 7) is 5.72. The molecule has 1 aromatic rings. The van der Waals surface area contributed by atoms with Crippen LogP contribution in [0, 0.1) is 21.4 Å². The van der Waals surface area contributed by atoms with Crippen molar-refractivity contribution in [3.63, 3.8) is 0 Å². The van der Waals surface area contributed by atoms with Crippen LogP contribution in [0.3, 0.4) is 0 Å². The van der Waals surface area contributed by atoms with Crippen LogP contribution in [0.1, 0.15) is 20.8 Å². The molecule has 0 fully saturated rings. The molecule has 0 saturated heterocycles. The molecule has 0 aromatic heterocycles. The van der Waals surface area contributed by atoms with Gasteiger partial charge in [0.2, 0.25) is 0 Å². The highest BCUT2D eigenvalue weighted by atomic mass is 79.9. The molecule has 8 heteroatoms. The minimum atomic E-state index is -0.852. The molecule has 0 amide bonds. The van der Waals surface area contributed by atoms with Gasteiger partial charge in [0.15, 0.2) is 0 Å². The maximum absolute atomic E-state index is 10.8. The maximum Gasteiger partial charge on any atom is 0.271 e. The Morgan fingerprint density at radius 1 is 1.48 bits per heavy atom. The Balaban J connectivity index is 2.94. The number of halogens is 2. The van der Waals surface area contributed by atoms with Crippen LogP contribution in [-0.2, 0) is 0 Å². The number of benzene rings is 1. The Kier molecular flexibility index (Phi) is 6.13. The SMILES string of the molecule is CC(C)NC(C)(C#N)COc1c(Br)cc([N+](=O)[O-])cc1Br. The molecule has 114 valence electrons. The van der Waals surface area contributed by atoms with Crippen molar-refractivity contribution in [3.8, 4) is 11.8 Å². The molecule has 1 unspecified atom stereocenters. The first kappa shape index (κ1) is 17.9. The van der Waals surface area contributed by atoms with E-state index in [9.17, 15) is 15.4 Å². The highest BCUT2D eigenvalue weighted by Gasteiger charge is 2.26. The van der Waals surface area contributed by atoms with E-state index in [-0.39, 0.29) is 18.3 Å². The van der Waals surface area contributed by atoms with E-state index in [0.29, 0.717) is 14.7 Å². The third-order valence-corrected chi connectivity index (χ3v) is 3.73. The van der Waals surface area contributed by atoms with Crippen molar-refractivity contribution in [1.82, 2.24) is 5.32 Å². The Labute approximate surface area is 139 Å². The lowest BCUT2D eigenvalue weighted by Gasteiger charge is -2.26. The number of non-ortho nitro benzene ring substituents is 1. The average Bonchev–Trinajstić information content (AvgIpc) is 2.36. The second kappa shape index (κ2) is 7.20. The minimum absolute atomic E-state index is 0.0514. The van der Waals surface area contributed by atoms with E-state index in [1.54, 1.807) is 6.92 Å². The summed E-state index contributed by atoms with van der Waals surface area (Å²) in [4.78, 5) is 10.3. The predicted molar refractivity (Wildman–Crippen MR) is 86.3 cm³/mol. The van der Waals surface area contributed by atoms with Crippen molar-refractivity contribution in [2.45, 2.75) is 32.4 Å². The smallest absolute Gasteiger partial charge is 0.271 e. The van der Waals surface area contributed by atoms with Crippen LogP contribution < -0.4 is 10.1 Å². The first-order valence-corrected chi connectivity index (χ1v) is 7.72. The zero-order valence-electron chi connectivity index (χ0n) is 11.8. The third kappa shape index (κ3) is 4.95. The summed E-state index contributed by atoms with van der Waals surface area (Å²) in [7, 11) is 0. The number of hydrogen-bond donors (Lipinski definition) is 1. The lowest BCUT2D eigenvalue weighted by Crippen LogP contribution is -2.49. The zero-order chi connectivity index (χ0) is 16.2. The van der Waals surface area contributed by atoms with E-state index < -0.39 is 10.5 Å². The molecule has 0 bridgehead atoms. The van der Waals surface area contributed by atoms with Gasteiger partial charge in [-0.1, -0.05) is 0 Å². The van der Waals surface area contributed by atoms with Crippen molar-refractivity contribution in [1.29, 1.82) is 5.26 Å². The molecule has 1 N–H and O–H groups in total. The van der Waals surface area contributed by atoms with Crippen LogP contribution in [0.4, 0.5) is 5.69 Å². The molecule has 1 atom stereocenters. The van der Waals surface area contributed by atoms with E-state index >= 15 is 0 Å². The van der Waals surface area contributed by atoms with E-state index in [2.05, 4.69) is 43.2 Å². The largest absolute Gasteiger partial charge is 0.488 e. The van der Waals surface area contributed by atoms with Crippen LogP contribution in [0.15, 0.2) is 21.1 Å². The highest BCUT2D eigenvalue weighted by Crippen LogP contribution is 2.37. The predicted octanol–water partition coefficient (Wildman–Crippen LogP) is 3.78. The standard InChI is InChI=1S/C13H15Br2N3O3/c1-8(2)17-13(3,6-16)7-21-12-10(14)4-9(18(19)20)5-11(12)15/h4-5,8,17H,7H2,1-3H3. The summed E-state index contributed by atoms with van der Waals surface area (Å²) in [5.41, 5.74) is -0.904. The molecule has 0 spiro atoms. The Morgan fingerprint density at radius 3 is 2.38 bits per heavy atom. The van der Waals surface area contributed by atoms with Crippen molar-refractivity contribution in [2.24, 2.45) is 0 Å². The summed E-state index contributed by atoms with van der Waals surface area (Å²) in [6, 6.07) is 5.02. The van der Waals surface area contributed by atoms with Crippen molar-refractivity contribution in [3.05, 3.63) is 31.2 Å². The van der Waals surface area contributed by atoms with Gasteiger partial charge >= 0.3 is 0 Å². The monoisotopic (exact) mass is 419 g/mol. The highest BCUT2D eigenvalue weighted by molar-refractivity contribution is 9.11. The van der Waals surface area contributed by atoms with Crippen LogP contribution in [0.5, 0.6) is 5.75 Å². The number of ether oxygens (including phenoxy) is 1. The van der Waals surface area contributed by atoms with E-state index in [0.717, 1.165) is 0 Å². The van der Waals surface area contributed by atoms with Gasteiger partial charge in [-0.15, -0.1) is 0 Å². The molecular weight excluding hydrogens is 406 g/mol. The van der Waals surface area contributed by atoms with Gasteiger partial charge in [-0.05, 0) is 52.6 Å². The minimum Gasteiger partial charge on any atom is -0.488 e. The van der Waals surface area contributed by atoms with Crippen molar-refractivity contribution >= 4 is 37.5 Å². The molecule has 1 aromatic carbocycles. The molecule has 0 heterocycles. The average molecular weight is 421 g/mol. The quantitative estimate of drug-likeness (QED) is 0.558. The van der Waals surface area contributed by atoms with Gasteiger partial charge in [-0.2, -0.15) is 5.26 Å². The lowest BCUT2D eigenvalue weighted by atomic mass is 10.1. The normalized spacial score (nSPS) is 13.6. The summed E-state index contributed by atoms with van der Waals surface area (Å²) >= 11 is 6.49. The molecule has 0 aliphatic rings. The number of rotatable bonds is 6. The topological polar surface area (TPSA) is 88.2 Å². The van der Waals surface area contributed by atoms with Crippen molar-refractivity contribution < 1.29 is 9.66 Å². The molecular formula is C13H15Br2N3O3. The fourth-order valence-corrected chi connectivity index (χ4v) is 3.14. The molecule has 0 aliphatic carbocycles. The van der Waals surface area contributed by atoms with Gasteiger partial charge in [0.05, 0.1) is 19.9 Å². The summed E-state index contributed by atoms with van der Waals surface area (Å²) in [5, 5.41) is 23.2. The van der Waals surface area contributed by atoms with Gasteiger partial charge in [0.1, 0.15) is 17.9 Å². The van der Waals surface area contributed by atoms with E-state index in [1.807, 2.05) is 13.8 Å². The first-order valence-electron chi connectivity index (χ1n) is 6.13. The Bertz CT molecular complexity index is 564. The number of nitrogens with zero attached hydrogens (tertiary/aromatic N) is 2. The second-order valence-electron chi connectivity index (χ2n) is 5.03. The van der Waals surface area contributed by atoms with Crippen LogP contribution in [-0.4, -0.2) is 23.1 Å². The summed E-state index contributed by atoms with van der Waals surface area (Å²) in [6.07, 6.45) is 0. The van der Waals surface area contributed by atoms with Crippen LogP contribution in [0.2, 0.25) is 0 Å². The molecule has 21 heavy (non-hydrogen) atoms. The number of nitrogens with one attached hydrogen (secondary N) is 1. The summed E-state index contributed by atoms with van der Waals surface area (Å²) < 4.78 is 6.56. The second-order valence-corrected chi connectivity index (χ2v) is 6.74. The van der Waals surface area contributed by atoms with Gasteiger partial charge in [-0.3, -0.25) is 15.4 Å². The number of nitro groups is 1.